The topological polar surface area (TPSA) is 87.2 Å². The summed E-state index contributed by atoms with van der Waals surface area (Å²) in [6, 6.07) is 16.1. The summed E-state index contributed by atoms with van der Waals surface area (Å²) in [6.45, 7) is 5.39. The van der Waals surface area contributed by atoms with Crippen molar-refractivity contribution in [3.8, 4) is 0 Å². The number of ether oxygens (including phenoxy) is 1. The number of aryl methyl sites for hydroxylation is 1. The minimum Gasteiger partial charge on any atom is -0.383 e. The molecular weight excluding hydrogens is 478 g/mol. The molecule has 1 aliphatic rings. The van der Waals surface area contributed by atoms with Crippen molar-refractivity contribution >= 4 is 21.8 Å². The first kappa shape index (κ1) is 27.8. The van der Waals surface area contributed by atoms with Crippen molar-refractivity contribution in [2.45, 2.75) is 50.6 Å². The lowest BCUT2D eigenvalue weighted by atomic mass is 10.0. The van der Waals surface area contributed by atoms with E-state index in [-0.39, 0.29) is 42.4 Å². The molecule has 9 heteroatoms. The van der Waals surface area contributed by atoms with Crippen LogP contribution in [0.2, 0.25) is 0 Å². The number of carbonyl (C=O) groups excluding carboxylic acids is 2. The quantitative estimate of drug-likeness (QED) is 0.459. The molecule has 0 bridgehead atoms. The minimum atomic E-state index is -3.88. The Bertz CT molecular complexity index is 1100. The summed E-state index contributed by atoms with van der Waals surface area (Å²) in [5.41, 5.74) is 2.11. The molecule has 0 spiro atoms. The fraction of sp³-hybridized carbons (Fsp3) is 0.481. The number of hydrogen-bond acceptors (Lipinski definition) is 5. The van der Waals surface area contributed by atoms with Gasteiger partial charge in [-0.25, -0.2) is 8.42 Å². The van der Waals surface area contributed by atoms with Crippen molar-refractivity contribution < 1.29 is 22.7 Å². The standard InChI is InChI=1S/C27H37N3O5S/c1-4-26(31)28-16-14-24(15-17-28)30(20-23-12-10-22(2)11-13-23)27(32)21-29(18-19-35-3)36(33,34)25-8-6-5-7-9-25/h5-13,24H,4,14-21H2,1-3H3. The molecule has 1 saturated heterocycles. The van der Waals surface area contributed by atoms with Crippen LogP contribution in [-0.4, -0.2) is 80.3 Å². The van der Waals surface area contributed by atoms with Crippen LogP contribution in [-0.2, 0) is 30.9 Å². The van der Waals surface area contributed by atoms with Crippen LogP contribution in [0.15, 0.2) is 59.5 Å². The average Bonchev–Trinajstić information content (AvgIpc) is 2.90. The summed E-state index contributed by atoms with van der Waals surface area (Å²) in [4.78, 5) is 29.7. The number of methoxy groups -OCH3 is 1. The predicted octanol–water partition coefficient (Wildman–Crippen LogP) is 3.06. The Labute approximate surface area is 214 Å². The highest BCUT2D eigenvalue weighted by Gasteiger charge is 2.33. The number of benzene rings is 2. The lowest BCUT2D eigenvalue weighted by Gasteiger charge is -2.39. The molecule has 0 radical (unpaired) electrons. The maximum absolute atomic E-state index is 13.7. The highest BCUT2D eigenvalue weighted by atomic mass is 32.2. The Hall–Kier alpha value is -2.75. The Morgan fingerprint density at radius 3 is 2.25 bits per heavy atom. The predicted molar refractivity (Wildman–Crippen MR) is 139 cm³/mol. The third-order valence-electron chi connectivity index (χ3n) is 6.59. The van der Waals surface area contributed by atoms with Crippen molar-refractivity contribution in [1.82, 2.24) is 14.1 Å². The lowest BCUT2D eigenvalue weighted by Crippen LogP contribution is -2.51. The van der Waals surface area contributed by atoms with Crippen molar-refractivity contribution in [1.29, 1.82) is 0 Å². The fourth-order valence-electron chi connectivity index (χ4n) is 4.42. The number of rotatable bonds is 11. The van der Waals surface area contributed by atoms with Gasteiger partial charge >= 0.3 is 0 Å². The van der Waals surface area contributed by atoms with Crippen LogP contribution < -0.4 is 0 Å². The van der Waals surface area contributed by atoms with Gasteiger partial charge in [0.05, 0.1) is 18.0 Å². The summed E-state index contributed by atoms with van der Waals surface area (Å²) in [6.07, 6.45) is 1.78. The highest BCUT2D eigenvalue weighted by Crippen LogP contribution is 2.22. The number of hydrogen-bond donors (Lipinski definition) is 0. The minimum absolute atomic E-state index is 0.0707. The van der Waals surface area contributed by atoms with Crippen LogP contribution in [0.5, 0.6) is 0 Å². The van der Waals surface area contributed by atoms with E-state index < -0.39 is 10.0 Å². The molecule has 2 aromatic rings. The third kappa shape index (κ3) is 7.15. The first-order valence-electron chi connectivity index (χ1n) is 12.4. The molecular formula is C27H37N3O5S. The van der Waals surface area contributed by atoms with Crippen molar-refractivity contribution in [3.05, 3.63) is 65.7 Å². The normalized spacial score (nSPS) is 14.7. The summed E-state index contributed by atoms with van der Waals surface area (Å²) < 4.78 is 33.1. The molecule has 1 fully saturated rings. The van der Waals surface area contributed by atoms with E-state index in [1.54, 1.807) is 23.1 Å². The second-order valence-electron chi connectivity index (χ2n) is 9.12. The maximum atomic E-state index is 13.7. The lowest BCUT2D eigenvalue weighted by molar-refractivity contribution is -0.137. The summed E-state index contributed by atoms with van der Waals surface area (Å²) >= 11 is 0. The van der Waals surface area contributed by atoms with E-state index >= 15 is 0 Å². The highest BCUT2D eigenvalue weighted by molar-refractivity contribution is 7.89. The summed E-state index contributed by atoms with van der Waals surface area (Å²) in [5.74, 6) is -0.143. The molecule has 3 rings (SSSR count). The van der Waals surface area contributed by atoms with Gasteiger partial charge in [-0.2, -0.15) is 4.31 Å². The molecule has 1 aliphatic heterocycles. The molecule has 0 N–H and O–H groups in total. The molecule has 2 aromatic carbocycles. The molecule has 36 heavy (non-hydrogen) atoms. The van der Waals surface area contributed by atoms with E-state index in [1.807, 2.05) is 43.0 Å². The second kappa shape index (κ2) is 13.0. The van der Waals surface area contributed by atoms with Crippen molar-refractivity contribution in [2.75, 3.05) is 39.9 Å². The van der Waals surface area contributed by atoms with E-state index in [9.17, 15) is 18.0 Å². The zero-order valence-electron chi connectivity index (χ0n) is 21.4. The number of amides is 2. The molecule has 0 atom stereocenters. The third-order valence-corrected chi connectivity index (χ3v) is 8.45. The van der Waals surface area contributed by atoms with Gasteiger partial charge in [0.2, 0.25) is 21.8 Å². The second-order valence-corrected chi connectivity index (χ2v) is 11.1. The molecule has 0 saturated carbocycles. The number of carbonyl (C=O) groups is 2. The largest absolute Gasteiger partial charge is 0.383 e. The van der Waals surface area contributed by atoms with Crippen molar-refractivity contribution in [2.24, 2.45) is 0 Å². The molecule has 0 aromatic heterocycles. The van der Waals surface area contributed by atoms with Gasteiger partial charge in [-0.05, 0) is 37.5 Å². The van der Waals surface area contributed by atoms with Gasteiger partial charge in [0, 0.05) is 45.8 Å². The SMILES string of the molecule is CCC(=O)N1CCC(N(Cc2ccc(C)cc2)C(=O)CN(CCOC)S(=O)(=O)c2ccccc2)CC1. The van der Waals surface area contributed by atoms with Crippen LogP contribution in [0.3, 0.4) is 0 Å². The average molecular weight is 516 g/mol. The summed E-state index contributed by atoms with van der Waals surface area (Å²) in [7, 11) is -2.38. The molecule has 196 valence electrons. The number of sulfonamides is 1. The fourth-order valence-corrected chi connectivity index (χ4v) is 5.82. The number of nitrogens with zero attached hydrogens (tertiary/aromatic N) is 3. The maximum Gasteiger partial charge on any atom is 0.243 e. The van der Waals surface area contributed by atoms with Gasteiger partial charge in [-0.1, -0.05) is 55.0 Å². The first-order chi connectivity index (χ1) is 17.3. The molecule has 1 heterocycles. The van der Waals surface area contributed by atoms with Gasteiger partial charge < -0.3 is 14.5 Å². The van der Waals surface area contributed by atoms with Crippen LogP contribution in [0.4, 0.5) is 0 Å². The van der Waals surface area contributed by atoms with E-state index in [4.69, 9.17) is 4.74 Å². The molecule has 2 amide bonds. The Balaban J connectivity index is 1.84. The van der Waals surface area contributed by atoms with Crippen LogP contribution in [0.25, 0.3) is 0 Å². The van der Waals surface area contributed by atoms with Gasteiger partial charge in [-0.15, -0.1) is 0 Å². The Morgan fingerprint density at radius 1 is 1.03 bits per heavy atom. The zero-order valence-corrected chi connectivity index (χ0v) is 22.2. The molecule has 0 unspecified atom stereocenters. The molecule has 0 aliphatic carbocycles. The number of likely N-dealkylation sites (tertiary alicyclic amines) is 1. The van der Waals surface area contributed by atoms with E-state index in [0.29, 0.717) is 38.9 Å². The van der Waals surface area contributed by atoms with E-state index in [1.165, 1.54) is 23.5 Å². The van der Waals surface area contributed by atoms with E-state index in [2.05, 4.69) is 0 Å². The Morgan fingerprint density at radius 2 is 1.67 bits per heavy atom. The van der Waals surface area contributed by atoms with Crippen LogP contribution in [0.1, 0.15) is 37.3 Å². The van der Waals surface area contributed by atoms with Gasteiger partial charge in [0.25, 0.3) is 0 Å². The smallest absolute Gasteiger partial charge is 0.243 e. The van der Waals surface area contributed by atoms with Gasteiger partial charge in [-0.3, -0.25) is 9.59 Å². The van der Waals surface area contributed by atoms with Crippen LogP contribution >= 0.6 is 0 Å². The summed E-state index contributed by atoms with van der Waals surface area (Å²) in [5, 5.41) is 0. The van der Waals surface area contributed by atoms with Crippen LogP contribution in [0, 0.1) is 6.92 Å². The molecule has 8 nitrogen and oxygen atoms in total. The number of piperidine rings is 1. The zero-order chi connectivity index (χ0) is 26.1. The van der Waals surface area contributed by atoms with Gasteiger partial charge in [0.1, 0.15) is 0 Å². The first-order valence-corrected chi connectivity index (χ1v) is 13.9. The van der Waals surface area contributed by atoms with Crippen molar-refractivity contribution in [3.63, 3.8) is 0 Å². The Kier molecular flexibility index (Phi) is 10.0. The van der Waals surface area contributed by atoms with Gasteiger partial charge in [0.15, 0.2) is 0 Å². The van der Waals surface area contributed by atoms with E-state index in [0.717, 1.165) is 11.1 Å². The monoisotopic (exact) mass is 515 g/mol.